The quantitative estimate of drug-likeness (QED) is 0.598. The van der Waals surface area contributed by atoms with Crippen LogP contribution in [0.15, 0.2) is 30.3 Å². The van der Waals surface area contributed by atoms with E-state index in [4.69, 9.17) is 5.11 Å². The summed E-state index contributed by atoms with van der Waals surface area (Å²) in [5.41, 5.74) is 1.79. The normalized spacial score (nSPS) is 10.6. The van der Waals surface area contributed by atoms with Gasteiger partial charge in [0.1, 0.15) is 5.75 Å². The van der Waals surface area contributed by atoms with Crippen LogP contribution < -0.4 is 5.32 Å². The fraction of sp³-hybridized carbons (Fsp3) is 0.500. The van der Waals surface area contributed by atoms with E-state index in [0.717, 1.165) is 11.1 Å². The molecule has 0 aliphatic carbocycles. The van der Waals surface area contributed by atoms with Crippen LogP contribution in [-0.4, -0.2) is 18.1 Å². The average molecular weight is 291 g/mol. The lowest BCUT2D eigenvalue weighted by Crippen LogP contribution is -2.14. The Hall–Kier alpha value is -1.77. The number of carbonyl (C=O) groups is 1. The van der Waals surface area contributed by atoms with E-state index in [0.29, 0.717) is 0 Å². The number of benzene rings is 1. The monoisotopic (exact) mass is 291 g/mol. The van der Waals surface area contributed by atoms with Gasteiger partial charge in [-0.05, 0) is 30.2 Å². The highest BCUT2D eigenvalue weighted by Crippen LogP contribution is 2.16. The number of phenolic OH excluding ortho intramolecular Hbond substituents is 1. The molecule has 21 heavy (non-hydrogen) atoms. The van der Waals surface area contributed by atoms with Crippen LogP contribution in [0.1, 0.15) is 58.4 Å². The number of phenols is 1. The Bertz CT molecular complexity index is 417. The predicted octanol–water partition coefficient (Wildman–Crippen LogP) is 4.52. The first-order chi connectivity index (χ1) is 10.0. The first-order valence-corrected chi connectivity index (χ1v) is 7.74. The Kier molecular flexibility index (Phi) is 11.0. The van der Waals surface area contributed by atoms with Crippen LogP contribution in [0.2, 0.25) is 0 Å². The van der Waals surface area contributed by atoms with Crippen LogP contribution in [-0.2, 0) is 4.79 Å². The van der Waals surface area contributed by atoms with E-state index in [2.05, 4.69) is 19.2 Å². The molecule has 0 fully saturated rings. The van der Waals surface area contributed by atoms with Crippen LogP contribution in [0, 0.1) is 0 Å². The molecule has 0 unspecified atom stereocenters. The van der Waals surface area contributed by atoms with Gasteiger partial charge in [-0.1, -0.05) is 58.1 Å². The highest BCUT2D eigenvalue weighted by atomic mass is 16.3. The maximum absolute atomic E-state index is 11.0. The minimum atomic E-state index is -0.129. The van der Waals surface area contributed by atoms with Gasteiger partial charge in [0.25, 0.3) is 0 Å². The van der Waals surface area contributed by atoms with Crippen molar-refractivity contribution in [1.29, 1.82) is 0 Å². The lowest BCUT2D eigenvalue weighted by Gasteiger charge is -2.01. The zero-order valence-electron chi connectivity index (χ0n) is 13.8. The molecular formula is C18H29NO2. The van der Waals surface area contributed by atoms with E-state index in [9.17, 15) is 4.79 Å². The van der Waals surface area contributed by atoms with Gasteiger partial charge in [-0.3, -0.25) is 4.79 Å². The molecule has 0 atom stereocenters. The molecule has 118 valence electrons. The Morgan fingerprint density at radius 3 is 2.05 bits per heavy atom. The first kappa shape index (κ1) is 19.2. The molecule has 1 aromatic rings. The average Bonchev–Trinajstić information content (AvgIpc) is 2.49. The maximum atomic E-state index is 11.0. The molecular weight excluding hydrogens is 262 g/mol. The third-order valence-electron chi connectivity index (χ3n) is 3.12. The van der Waals surface area contributed by atoms with E-state index in [-0.39, 0.29) is 11.7 Å². The highest BCUT2D eigenvalue weighted by molar-refractivity contribution is 5.94. The molecule has 0 radical (unpaired) electrons. The van der Waals surface area contributed by atoms with Crippen molar-refractivity contribution in [3.05, 3.63) is 35.9 Å². The molecule has 0 spiro atoms. The largest absolute Gasteiger partial charge is 0.508 e. The number of unbranched alkanes of at least 4 members (excludes halogenated alkanes) is 4. The molecule has 3 heteroatoms. The number of hydrogen-bond acceptors (Lipinski definition) is 2. The number of rotatable bonds is 6. The molecule has 0 aliphatic rings. The number of likely N-dealkylation sites (N-methyl/N-ethyl adjacent to an activating group) is 1. The van der Waals surface area contributed by atoms with Crippen molar-refractivity contribution in [2.24, 2.45) is 0 Å². The highest BCUT2D eigenvalue weighted by Gasteiger charge is 1.98. The summed E-state index contributed by atoms with van der Waals surface area (Å²) in [7, 11) is 1.59. The third-order valence-corrected chi connectivity index (χ3v) is 3.12. The number of amides is 1. The summed E-state index contributed by atoms with van der Waals surface area (Å²) >= 11 is 0. The lowest BCUT2D eigenvalue weighted by atomic mass is 10.1. The molecule has 1 aromatic carbocycles. The fourth-order valence-electron chi connectivity index (χ4n) is 1.75. The Balaban J connectivity index is 0.000000486. The van der Waals surface area contributed by atoms with Gasteiger partial charge in [0, 0.05) is 13.1 Å². The van der Waals surface area contributed by atoms with Gasteiger partial charge in [-0.25, -0.2) is 0 Å². The maximum Gasteiger partial charge on any atom is 0.244 e. The molecule has 0 aliphatic heterocycles. The van der Waals surface area contributed by atoms with Crippen LogP contribution in [0.5, 0.6) is 5.75 Å². The summed E-state index contributed by atoms with van der Waals surface area (Å²) in [6.07, 6.45) is 8.53. The van der Waals surface area contributed by atoms with Crippen molar-refractivity contribution in [2.75, 3.05) is 7.05 Å². The predicted molar refractivity (Wildman–Crippen MR) is 90.3 cm³/mol. The van der Waals surface area contributed by atoms with Gasteiger partial charge < -0.3 is 10.4 Å². The number of allylic oxidation sites excluding steroid dienone is 1. The molecule has 0 bridgehead atoms. The van der Waals surface area contributed by atoms with Crippen molar-refractivity contribution in [2.45, 2.75) is 52.9 Å². The van der Waals surface area contributed by atoms with Crippen molar-refractivity contribution >= 4 is 11.5 Å². The molecule has 1 amide bonds. The Morgan fingerprint density at radius 2 is 1.62 bits per heavy atom. The summed E-state index contributed by atoms with van der Waals surface area (Å²) < 4.78 is 0. The topological polar surface area (TPSA) is 49.3 Å². The zero-order valence-corrected chi connectivity index (χ0v) is 13.8. The SMILES string of the molecule is CCCCCCC.CNC(=O)/C=C(\C)c1ccc(O)cc1. The second-order valence-corrected chi connectivity index (χ2v) is 5.05. The Morgan fingerprint density at radius 1 is 1.10 bits per heavy atom. The minimum absolute atomic E-state index is 0.129. The van der Waals surface area contributed by atoms with Gasteiger partial charge in [-0.2, -0.15) is 0 Å². The van der Waals surface area contributed by atoms with Crippen molar-refractivity contribution in [1.82, 2.24) is 5.32 Å². The summed E-state index contributed by atoms with van der Waals surface area (Å²) in [6.45, 7) is 6.34. The van der Waals surface area contributed by atoms with Crippen LogP contribution in [0.4, 0.5) is 0 Å². The van der Waals surface area contributed by atoms with E-state index >= 15 is 0 Å². The number of hydrogen-bond donors (Lipinski definition) is 2. The molecule has 3 nitrogen and oxygen atoms in total. The standard InChI is InChI=1S/C11H13NO2.C7H16/c1-8(7-11(14)12-2)9-3-5-10(13)6-4-9;1-3-5-7-6-4-2/h3-7,13H,1-2H3,(H,12,14);3-7H2,1-2H3/b8-7+;. The van der Waals surface area contributed by atoms with Gasteiger partial charge in [0.2, 0.25) is 5.91 Å². The number of nitrogens with one attached hydrogen (secondary N) is 1. The first-order valence-electron chi connectivity index (χ1n) is 7.74. The van der Waals surface area contributed by atoms with Crippen LogP contribution >= 0.6 is 0 Å². The van der Waals surface area contributed by atoms with Crippen LogP contribution in [0.3, 0.4) is 0 Å². The van der Waals surface area contributed by atoms with Crippen molar-refractivity contribution < 1.29 is 9.90 Å². The van der Waals surface area contributed by atoms with Crippen molar-refractivity contribution in [3.63, 3.8) is 0 Å². The van der Waals surface area contributed by atoms with E-state index in [1.54, 1.807) is 31.3 Å². The van der Waals surface area contributed by atoms with Crippen molar-refractivity contribution in [3.8, 4) is 5.75 Å². The molecule has 0 saturated heterocycles. The van der Waals surface area contributed by atoms with Gasteiger partial charge in [-0.15, -0.1) is 0 Å². The number of carbonyl (C=O) groups excluding carboxylic acids is 1. The van der Waals surface area contributed by atoms with Gasteiger partial charge >= 0.3 is 0 Å². The summed E-state index contributed by atoms with van der Waals surface area (Å²) in [5, 5.41) is 11.6. The lowest BCUT2D eigenvalue weighted by molar-refractivity contribution is -0.116. The Labute approximate surface area is 129 Å². The second kappa shape index (κ2) is 12.0. The third kappa shape index (κ3) is 9.72. The van der Waals surface area contributed by atoms with Gasteiger partial charge in [0.05, 0.1) is 0 Å². The van der Waals surface area contributed by atoms with E-state index < -0.39 is 0 Å². The van der Waals surface area contributed by atoms with E-state index in [1.807, 2.05) is 6.92 Å². The molecule has 2 N–H and O–H groups in total. The second-order valence-electron chi connectivity index (χ2n) is 5.05. The molecule has 0 saturated carbocycles. The molecule has 1 rings (SSSR count). The zero-order chi connectivity index (χ0) is 16.1. The van der Waals surface area contributed by atoms with Crippen LogP contribution in [0.25, 0.3) is 5.57 Å². The molecule has 0 heterocycles. The minimum Gasteiger partial charge on any atom is -0.508 e. The summed E-state index contributed by atoms with van der Waals surface area (Å²) in [4.78, 5) is 11.0. The summed E-state index contributed by atoms with van der Waals surface area (Å²) in [6, 6.07) is 6.72. The fourth-order valence-corrected chi connectivity index (χ4v) is 1.75. The number of aromatic hydroxyl groups is 1. The smallest absolute Gasteiger partial charge is 0.244 e. The summed E-state index contributed by atoms with van der Waals surface area (Å²) in [5.74, 6) is 0.0945. The van der Waals surface area contributed by atoms with E-state index in [1.165, 1.54) is 38.2 Å². The van der Waals surface area contributed by atoms with Gasteiger partial charge in [0.15, 0.2) is 0 Å². The molecule has 0 aromatic heterocycles.